The van der Waals surface area contributed by atoms with Crippen molar-refractivity contribution < 1.29 is 9.90 Å². The maximum atomic E-state index is 12.1. The van der Waals surface area contributed by atoms with Gasteiger partial charge in [0.1, 0.15) is 0 Å². The highest BCUT2D eigenvalue weighted by molar-refractivity contribution is 6.31. The van der Waals surface area contributed by atoms with Gasteiger partial charge in [-0.15, -0.1) is 0 Å². The van der Waals surface area contributed by atoms with Crippen LogP contribution < -0.4 is 5.69 Å². The van der Waals surface area contributed by atoms with Gasteiger partial charge in [0.15, 0.2) is 0 Å². The van der Waals surface area contributed by atoms with E-state index in [0.29, 0.717) is 31.0 Å². The monoisotopic (exact) mass is 295 g/mol. The highest BCUT2D eigenvalue weighted by atomic mass is 35.5. The topological polar surface area (TPSA) is 78.3 Å². The average Bonchev–Trinajstić information content (AvgIpc) is 2.74. The summed E-state index contributed by atoms with van der Waals surface area (Å²) >= 11 is 5.99. The summed E-state index contributed by atoms with van der Waals surface area (Å²) in [6.45, 7) is 0.888. The van der Waals surface area contributed by atoms with Gasteiger partial charge in [0.05, 0.1) is 11.0 Å². The molecule has 2 heterocycles. The van der Waals surface area contributed by atoms with Gasteiger partial charge in [-0.1, -0.05) is 11.6 Å². The molecule has 0 aliphatic carbocycles. The van der Waals surface area contributed by atoms with Gasteiger partial charge in [0, 0.05) is 24.2 Å². The third-order valence-corrected chi connectivity index (χ3v) is 4.01. The Morgan fingerprint density at radius 2 is 2.05 bits per heavy atom. The number of aromatic amines is 1. The van der Waals surface area contributed by atoms with Crippen molar-refractivity contribution >= 4 is 28.7 Å². The van der Waals surface area contributed by atoms with Gasteiger partial charge < -0.3 is 15.0 Å². The number of fused-ring (bicyclic) bond motifs is 1. The van der Waals surface area contributed by atoms with Crippen LogP contribution in [-0.2, 0) is 0 Å². The molecule has 1 saturated heterocycles. The molecule has 0 atom stereocenters. The number of halogens is 1. The molecule has 1 aromatic carbocycles. The Balaban J connectivity index is 1.95. The van der Waals surface area contributed by atoms with Crippen LogP contribution in [0.3, 0.4) is 0 Å². The first-order valence-electron chi connectivity index (χ1n) is 6.44. The number of imidazole rings is 1. The van der Waals surface area contributed by atoms with E-state index in [4.69, 9.17) is 16.7 Å². The Bertz CT molecular complexity index is 713. The lowest BCUT2D eigenvalue weighted by Gasteiger charge is -2.30. The normalized spacial score (nSPS) is 16.8. The van der Waals surface area contributed by atoms with E-state index in [2.05, 4.69) is 4.98 Å². The van der Waals surface area contributed by atoms with Gasteiger partial charge in [-0.25, -0.2) is 9.59 Å². The molecule has 6 nitrogen and oxygen atoms in total. The summed E-state index contributed by atoms with van der Waals surface area (Å²) in [7, 11) is 0. The van der Waals surface area contributed by atoms with Gasteiger partial charge in [-0.2, -0.15) is 0 Å². The first-order valence-corrected chi connectivity index (χ1v) is 6.81. The predicted octanol–water partition coefficient (Wildman–Crippen LogP) is 2.30. The van der Waals surface area contributed by atoms with E-state index < -0.39 is 6.09 Å². The number of nitrogens with one attached hydrogen (secondary N) is 1. The van der Waals surface area contributed by atoms with E-state index in [0.717, 1.165) is 11.0 Å². The van der Waals surface area contributed by atoms with Crippen molar-refractivity contribution in [3.05, 3.63) is 33.7 Å². The highest BCUT2D eigenvalue weighted by Crippen LogP contribution is 2.26. The lowest BCUT2D eigenvalue weighted by molar-refractivity contribution is 0.125. The maximum Gasteiger partial charge on any atom is 0.407 e. The number of nitrogens with zero attached hydrogens (tertiary/aromatic N) is 2. The Morgan fingerprint density at radius 1 is 1.35 bits per heavy atom. The summed E-state index contributed by atoms with van der Waals surface area (Å²) in [5.41, 5.74) is 1.35. The number of benzene rings is 1. The summed E-state index contributed by atoms with van der Waals surface area (Å²) < 4.78 is 1.69. The fraction of sp³-hybridized carbons (Fsp3) is 0.385. The standard InChI is InChI=1S/C13H14ClN3O3/c14-8-1-2-10-11(7-8)17(12(18)15-10)9-3-5-16(6-4-9)13(19)20/h1-2,7,9H,3-6H2,(H,15,18)(H,19,20). The highest BCUT2D eigenvalue weighted by Gasteiger charge is 2.25. The zero-order valence-electron chi connectivity index (χ0n) is 10.7. The van der Waals surface area contributed by atoms with Crippen LogP contribution in [0.4, 0.5) is 4.79 Å². The Morgan fingerprint density at radius 3 is 2.70 bits per heavy atom. The Kier molecular flexibility index (Phi) is 3.17. The molecule has 3 rings (SSSR count). The second-order valence-corrected chi connectivity index (χ2v) is 5.40. The van der Waals surface area contributed by atoms with E-state index in [1.807, 2.05) is 0 Å². The zero-order valence-corrected chi connectivity index (χ0v) is 11.4. The number of amides is 1. The summed E-state index contributed by atoms with van der Waals surface area (Å²) in [4.78, 5) is 27.2. The molecule has 1 aliphatic heterocycles. The Labute approximate surface area is 119 Å². The van der Waals surface area contributed by atoms with Gasteiger partial charge in [0.25, 0.3) is 0 Å². The van der Waals surface area contributed by atoms with Crippen LogP contribution in [0.15, 0.2) is 23.0 Å². The molecule has 2 aromatic rings. The number of piperidine rings is 1. The van der Waals surface area contributed by atoms with Gasteiger partial charge in [-0.05, 0) is 31.0 Å². The lowest BCUT2D eigenvalue weighted by Crippen LogP contribution is -2.39. The largest absolute Gasteiger partial charge is 0.465 e. The van der Waals surface area contributed by atoms with E-state index in [1.54, 1.807) is 22.8 Å². The summed E-state index contributed by atoms with van der Waals surface area (Å²) in [5.74, 6) is 0. The molecule has 20 heavy (non-hydrogen) atoms. The fourth-order valence-electron chi connectivity index (χ4n) is 2.77. The maximum absolute atomic E-state index is 12.1. The number of hydrogen-bond acceptors (Lipinski definition) is 2. The fourth-order valence-corrected chi connectivity index (χ4v) is 2.94. The molecule has 1 amide bonds. The number of carboxylic acid groups (broad SMARTS) is 1. The molecule has 0 spiro atoms. The second kappa shape index (κ2) is 4.86. The van der Waals surface area contributed by atoms with Crippen LogP contribution in [0.1, 0.15) is 18.9 Å². The first-order chi connectivity index (χ1) is 9.56. The quantitative estimate of drug-likeness (QED) is 0.847. The van der Waals surface area contributed by atoms with Crippen LogP contribution in [0.25, 0.3) is 11.0 Å². The van der Waals surface area contributed by atoms with E-state index in [1.165, 1.54) is 4.90 Å². The van der Waals surface area contributed by atoms with Gasteiger partial charge >= 0.3 is 11.8 Å². The van der Waals surface area contributed by atoms with Crippen LogP contribution in [-0.4, -0.2) is 38.7 Å². The van der Waals surface area contributed by atoms with Crippen LogP contribution in [0.2, 0.25) is 5.02 Å². The third kappa shape index (κ3) is 2.16. The molecular formula is C13H14ClN3O3. The van der Waals surface area contributed by atoms with Crippen LogP contribution in [0, 0.1) is 0 Å². The number of likely N-dealkylation sites (tertiary alicyclic amines) is 1. The number of aromatic nitrogens is 2. The van der Waals surface area contributed by atoms with Crippen LogP contribution in [0.5, 0.6) is 0 Å². The molecule has 0 bridgehead atoms. The molecule has 106 valence electrons. The molecule has 1 aliphatic rings. The second-order valence-electron chi connectivity index (χ2n) is 4.96. The van der Waals surface area contributed by atoms with Crippen molar-refractivity contribution in [3.8, 4) is 0 Å². The summed E-state index contributed by atoms with van der Waals surface area (Å²) in [6, 6.07) is 5.28. The molecule has 2 N–H and O–H groups in total. The molecular weight excluding hydrogens is 282 g/mol. The van der Waals surface area contributed by atoms with E-state index in [9.17, 15) is 9.59 Å². The smallest absolute Gasteiger partial charge is 0.407 e. The minimum Gasteiger partial charge on any atom is -0.465 e. The zero-order chi connectivity index (χ0) is 14.3. The minimum absolute atomic E-state index is 0.00492. The van der Waals surface area contributed by atoms with Crippen molar-refractivity contribution in [1.82, 2.24) is 14.5 Å². The molecule has 0 unspecified atom stereocenters. The van der Waals surface area contributed by atoms with Crippen molar-refractivity contribution in [2.24, 2.45) is 0 Å². The molecule has 0 radical (unpaired) electrons. The molecule has 1 aromatic heterocycles. The first kappa shape index (κ1) is 13.1. The van der Waals surface area contributed by atoms with E-state index >= 15 is 0 Å². The van der Waals surface area contributed by atoms with Gasteiger partial charge in [-0.3, -0.25) is 4.57 Å². The average molecular weight is 296 g/mol. The molecule has 7 heteroatoms. The molecule has 0 saturated carbocycles. The van der Waals surface area contributed by atoms with Crippen LogP contribution >= 0.6 is 11.6 Å². The summed E-state index contributed by atoms with van der Waals surface area (Å²) in [6.07, 6.45) is 0.356. The SMILES string of the molecule is O=C(O)N1CCC(n2c(=O)[nH]c3ccc(Cl)cc32)CC1. The number of carbonyl (C=O) groups is 1. The number of hydrogen-bond donors (Lipinski definition) is 2. The summed E-state index contributed by atoms with van der Waals surface area (Å²) in [5, 5.41) is 9.53. The predicted molar refractivity (Wildman–Crippen MR) is 75.4 cm³/mol. The lowest BCUT2D eigenvalue weighted by atomic mass is 10.1. The van der Waals surface area contributed by atoms with Crippen molar-refractivity contribution in [3.63, 3.8) is 0 Å². The number of rotatable bonds is 1. The van der Waals surface area contributed by atoms with E-state index in [-0.39, 0.29) is 11.7 Å². The van der Waals surface area contributed by atoms with Crippen molar-refractivity contribution in [2.45, 2.75) is 18.9 Å². The minimum atomic E-state index is -0.905. The van der Waals surface area contributed by atoms with Crippen molar-refractivity contribution in [1.29, 1.82) is 0 Å². The third-order valence-electron chi connectivity index (χ3n) is 3.78. The number of H-pyrrole nitrogens is 1. The molecule has 1 fully saturated rings. The van der Waals surface area contributed by atoms with Gasteiger partial charge in [0.2, 0.25) is 0 Å². The van der Waals surface area contributed by atoms with Crippen molar-refractivity contribution in [2.75, 3.05) is 13.1 Å². The Hall–Kier alpha value is -1.95.